The number of hydrogen-bond acceptors (Lipinski definition) is 2. The van der Waals surface area contributed by atoms with E-state index in [-0.39, 0.29) is 22.3 Å². The Bertz CT molecular complexity index is 1220. The zero-order valence-corrected chi connectivity index (χ0v) is 16.4. The Labute approximate surface area is 180 Å². The molecule has 0 amide bonds. The Kier molecular flexibility index (Phi) is 5.69. The minimum Gasteiger partial charge on any atom is -0.288 e. The molecule has 4 rings (SSSR count). The smallest absolute Gasteiger partial charge is 0.195 e. The van der Waals surface area contributed by atoms with Gasteiger partial charge < -0.3 is 0 Å². The Morgan fingerprint density at radius 2 is 0.812 bits per heavy atom. The average Bonchev–Trinajstić information content (AvgIpc) is 2.78. The summed E-state index contributed by atoms with van der Waals surface area (Å²) in [5.41, 5.74) is 1.47. The molecule has 4 aromatic carbocycles. The van der Waals surface area contributed by atoms with Gasteiger partial charge in [-0.05, 0) is 35.4 Å². The molecule has 6 heteroatoms. The molecule has 0 N–H and O–H groups in total. The molecule has 0 saturated heterocycles. The predicted octanol–water partition coefficient (Wildman–Crippen LogP) is 6.37. The Morgan fingerprint density at radius 3 is 1.12 bits per heavy atom. The second kappa shape index (κ2) is 8.59. The Balaban J connectivity index is 1.54. The summed E-state index contributed by atoms with van der Waals surface area (Å²) in [6, 6.07) is 18.3. The quantitative estimate of drug-likeness (QED) is 0.270. The first kappa shape index (κ1) is 21.2. The molecular weight excluding hydrogens is 420 g/mol. The molecule has 0 aliphatic carbocycles. The third-order valence-corrected chi connectivity index (χ3v) is 4.98. The van der Waals surface area contributed by atoms with Crippen molar-refractivity contribution in [2.75, 3.05) is 0 Å². The highest BCUT2D eigenvalue weighted by Gasteiger charge is 2.16. The number of carbonyl (C=O) groups is 2. The van der Waals surface area contributed by atoms with Gasteiger partial charge >= 0.3 is 0 Å². The van der Waals surface area contributed by atoms with Gasteiger partial charge in [-0.3, -0.25) is 9.59 Å². The molecular formula is C26H14F4O2. The number of carbonyl (C=O) groups excluding carboxylic acids is 2. The molecule has 0 aliphatic heterocycles. The van der Waals surface area contributed by atoms with Crippen molar-refractivity contribution in [3.05, 3.63) is 130 Å². The zero-order chi connectivity index (χ0) is 22.8. The van der Waals surface area contributed by atoms with Gasteiger partial charge in [0.05, 0.1) is 11.1 Å². The molecule has 0 heterocycles. The van der Waals surface area contributed by atoms with Crippen molar-refractivity contribution >= 4 is 11.6 Å². The minimum absolute atomic E-state index is 0.227. The van der Waals surface area contributed by atoms with Crippen LogP contribution in [-0.4, -0.2) is 11.6 Å². The van der Waals surface area contributed by atoms with E-state index in [0.717, 1.165) is 35.4 Å². The van der Waals surface area contributed by atoms with E-state index in [9.17, 15) is 27.2 Å². The van der Waals surface area contributed by atoms with Crippen molar-refractivity contribution < 1.29 is 27.2 Å². The second-order valence-corrected chi connectivity index (χ2v) is 7.06. The van der Waals surface area contributed by atoms with Crippen molar-refractivity contribution in [3.63, 3.8) is 0 Å². The summed E-state index contributed by atoms with van der Waals surface area (Å²) in [6.07, 6.45) is 0. The highest BCUT2D eigenvalue weighted by atomic mass is 19.1. The van der Waals surface area contributed by atoms with Crippen molar-refractivity contribution in [1.29, 1.82) is 0 Å². The lowest BCUT2D eigenvalue weighted by atomic mass is 9.97. The average molecular weight is 434 g/mol. The van der Waals surface area contributed by atoms with Crippen LogP contribution >= 0.6 is 0 Å². The van der Waals surface area contributed by atoms with Crippen LogP contribution in [-0.2, 0) is 0 Å². The standard InChI is InChI=1S/C26H14F4O2/c27-19-9-11-21(23(29)13-19)25(31)17-5-1-15(2-6-17)16-3-7-18(8-4-16)26(32)22-12-10-20(28)14-24(22)30/h1-14H. The molecule has 158 valence electrons. The third-order valence-electron chi connectivity index (χ3n) is 4.98. The molecule has 0 aromatic heterocycles. The summed E-state index contributed by atoms with van der Waals surface area (Å²) in [5.74, 6) is -4.54. The van der Waals surface area contributed by atoms with Crippen molar-refractivity contribution in [3.8, 4) is 11.1 Å². The fraction of sp³-hybridized carbons (Fsp3) is 0. The van der Waals surface area contributed by atoms with Crippen LogP contribution in [0, 0.1) is 23.3 Å². The maximum atomic E-state index is 13.9. The van der Waals surface area contributed by atoms with E-state index in [4.69, 9.17) is 0 Å². The third kappa shape index (κ3) is 4.21. The lowest BCUT2D eigenvalue weighted by Gasteiger charge is -2.07. The van der Waals surface area contributed by atoms with E-state index in [0.29, 0.717) is 12.1 Å². The van der Waals surface area contributed by atoms with Crippen molar-refractivity contribution in [1.82, 2.24) is 0 Å². The largest absolute Gasteiger partial charge is 0.288 e. The monoisotopic (exact) mass is 434 g/mol. The van der Waals surface area contributed by atoms with Crippen LogP contribution in [0.1, 0.15) is 31.8 Å². The molecule has 0 bridgehead atoms. The molecule has 0 fully saturated rings. The molecule has 0 atom stereocenters. The lowest BCUT2D eigenvalue weighted by Crippen LogP contribution is -2.05. The minimum atomic E-state index is -0.933. The molecule has 4 aromatic rings. The van der Waals surface area contributed by atoms with Gasteiger partial charge in [0.1, 0.15) is 23.3 Å². The molecule has 0 radical (unpaired) electrons. The van der Waals surface area contributed by atoms with E-state index in [2.05, 4.69) is 0 Å². The van der Waals surface area contributed by atoms with E-state index in [1.807, 2.05) is 0 Å². The SMILES string of the molecule is O=C(c1ccc(-c2ccc(C(=O)c3ccc(F)cc3F)cc2)cc1)c1ccc(F)cc1F. The van der Waals surface area contributed by atoms with Crippen LogP contribution in [0.5, 0.6) is 0 Å². The summed E-state index contributed by atoms with van der Waals surface area (Å²) < 4.78 is 53.9. The normalized spacial score (nSPS) is 10.8. The molecule has 0 aliphatic rings. The number of halogens is 4. The van der Waals surface area contributed by atoms with Crippen LogP contribution in [0.25, 0.3) is 11.1 Å². The van der Waals surface area contributed by atoms with Crippen LogP contribution in [0.15, 0.2) is 84.9 Å². The summed E-state index contributed by atoms with van der Waals surface area (Å²) >= 11 is 0. The molecule has 32 heavy (non-hydrogen) atoms. The molecule has 2 nitrogen and oxygen atoms in total. The number of rotatable bonds is 5. The van der Waals surface area contributed by atoms with E-state index < -0.39 is 34.8 Å². The molecule has 0 unspecified atom stereocenters. The predicted molar refractivity (Wildman–Crippen MR) is 111 cm³/mol. The summed E-state index contributed by atoms with van der Waals surface area (Å²) in [6.45, 7) is 0. The van der Waals surface area contributed by atoms with Gasteiger partial charge in [-0.25, -0.2) is 17.6 Å². The van der Waals surface area contributed by atoms with E-state index in [1.165, 1.54) is 24.3 Å². The van der Waals surface area contributed by atoms with E-state index in [1.54, 1.807) is 24.3 Å². The van der Waals surface area contributed by atoms with E-state index >= 15 is 0 Å². The molecule has 0 saturated carbocycles. The highest BCUT2D eigenvalue weighted by Crippen LogP contribution is 2.23. The van der Waals surface area contributed by atoms with Gasteiger partial charge in [0.25, 0.3) is 0 Å². The first-order valence-corrected chi connectivity index (χ1v) is 9.53. The van der Waals surface area contributed by atoms with Gasteiger partial charge in [-0.15, -0.1) is 0 Å². The van der Waals surface area contributed by atoms with Crippen LogP contribution < -0.4 is 0 Å². The summed E-state index contributed by atoms with van der Waals surface area (Å²) in [5, 5.41) is 0. The second-order valence-electron chi connectivity index (χ2n) is 7.06. The van der Waals surface area contributed by atoms with Gasteiger partial charge in [0.2, 0.25) is 0 Å². The van der Waals surface area contributed by atoms with Gasteiger partial charge in [0.15, 0.2) is 11.6 Å². The fourth-order valence-corrected chi connectivity index (χ4v) is 3.29. The number of ketones is 2. The van der Waals surface area contributed by atoms with Crippen molar-refractivity contribution in [2.45, 2.75) is 0 Å². The maximum absolute atomic E-state index is 13.9. The first-order valence-electron chi connectivity index (χ1n) is 9.53. The zero-order valence-electron chi connectivity index (χ0n) is 16.4. The number of hydrogen-bond donors (Lipinski definition) is 0. The topological polar surface area (TPSA) is 34.1 Å². The fourth-order valence-electron chi connectivity index (χ4n) is 3.29. The summed E-state index contributed by atoms with van der Waals surface area (Å²) in [7, 11) is 0. The molecule has 0 spiro atoms. The van der Waals surface area contributed by atoms with Crippen molar-refractivity contribution in [2.24, 2.45) is 0 Å². The Hall–Kier alpha value is -4.06. The Morgan fingerprint density at radius 1 is 0.469 bits per heavy atom. The lowest BCUT2D eigenvalue weighted by molar-refractivity contribution is 0.102. The highest BCUT2D eigenvalue weighted by molar-refractivity contribution is 6.10. The van der Waals surface area contributed by atoms with Crippen LogP contribution in [0.4, 0.5) is 17.6 Å². The van der Waals surface area contributed by atoms with Crippen LogP contribution in [0.3, 0.4) is 0 Å². The van der Waals surface area contributed by atoms with Gasteiger partial charge in [-0.1, -0.05) is 48.5 Å². The maximum Gasteiger partial charge on any atom is 0.195 e. The summed E-state index contributed by atoms with van der Waals surface area (Å²) in [4.78, 5) is 25.0. The first-order chi connectivity index (χ1) is 15.3. The number of benzene rings is 4. The van der Waals surface area contributed by atoms with Gasteiger partial charge in [-0.2, -0.15) is 0 Å². The van der Waals surface area contributed by atoms with Gasteiger partial charge in [0, 0.05) is 23.3 Å². The van der Waals surface area contributed by atoms with Crippen LogP contribution in [0.2, 0.25) is 0 Å².